The Hall–Kier alpha value is -2.64. The van der Waals surface area contributed by atoms with Crippen LogP contribution >= 0.6 is 0 Å². The Bertz CT molecular complexity index is 740. The maximum Gasteiger partial charge on any atom is 0.408 e. The van der Waals surface area contributed by atoms with Crippen molar-refractivity contribution < 1.29 is 23.5 Å². The minimum Gasteiger partial charge on any atom is -0.444 e. The Morgan fingerprint density at radius 2 is 1.80 bits per heavy atom. The van der Waals surface area contributed by atoms with Crippen LogP contribution in [0.5, 0.6) is 0 Å². The second-order valence-electron chi connectivity index (χ2n) is 8.58. The first-order valence-corrected chi connectivity index (χ1v) is 10.4. The summed E-state index contributed by atoms with van der Waals surface area (Å²) in [5, 5.41) is 5.39. The Balaban J connectivity index is 1.62. The van der Waals surface area contributed by atoms with Crippen molar-refractivity contribution in [1.82, 2.24) is 15.5 Å². The summed E-state index contributed by atoms with van der Waals surface area (Å²) in [4.78, 5) is 37.6. The molecule has 1 aromatic carbocycles. The van der Waals surface area contributed by atoms with Gasteiger partial charge in [0.1, 0.15) is 18.0 Å². The van der Waals surface area contributed by atoms with Gasteiger partial charge >= 0.3 is 6.09 Å². The number of nitrogens with zero attached hydrogens (tertiary/aromatic N) is 1. The lowest BCUT2D eigenvalue weighted by Crippen LogP contribution is -2.46. The van der Waals surface area contributed by atoms with Crippen LogP contribution in [-0.2, 0) is 20.7 Å². The first-order valence-electron chi connectivity index (χ1n) is 10.4. The van der Waals surface area contributed by atoms with Crippen molar-refractivity contribution in [3.05, 3.63) is 35.6 Å². The molecule has 0 aliphatic carbocycles. The van der Waals surface area contributed by atoms with Crippen molar-refractivity contribution in [2.75, 3.05) is 26.2 Å². The fourth-order valence-electron chi connectivity index (χ4n) is 3.26. The van der Waals surface area contributed by atoms with Crippen LogP contribution in [0.1, 0.15) is 45.6 Å². The van der Waals surface area contributed by atoms with E-state index in [9.17, 15) is 18.8 Å². The van der Waals surface area contributed by atoms with Crippen LogP contribution in [0.25, 0.3) is 0 Å². The number of alkyl carbamates (subject to hydrolysis) is 1. The van der Waals surface area contributed by atoms with E-state index in [4.69, 9.17) is 4.74 Å². The Labute approximate surface area is 177 Å². The maximum absolute atomic E-state index is 13.6. The quantitative estimate of drug-likeness (QED) is 0.709. The van der Waals surface area contributed by atoms with Crippen molar-refractivity contribution in [2.45, 2.75) is 52.1 Å². The highest BCUT2D eigenvalue weighted by Gasteiger charge is 2.24. The number of hydrogen-bond acceptors (Lipinski definition) is 4. The van der Waals surface area contributed by atoms with E-state index in [2.05, 4.69) is 10.6 Å². The molecular formula is C22H32FN3O4. The summed E-state index contributed by atoms with van der Waals surface area (Å²) in [7, 11) is 0. The molecule has 1 saturated heterocycles. The van der Waals surface area contributed by atoms with Crippen molar-refractivity contribution in [2.24, 2.45) is 5.92 Å². The molecule has 0 aromatic heterocycles. The molecule has 2 N–H and O–H groups in total. The number of ether oxygens (including phenoxy) is 1. The second kappa shape index (κ2) is 10.9. The number of amides is 3. The van der Waals surface area contributed by atoms with Crippen LogP contribution in [-0.4, -0.2) is 54.6 Å². The average Bonchev–Trinajstić information content (AvgIpc) is 2.69. The van der Waals surface area contributed by atoms with Crippen LogP contribution in [0.3, 0.4) is 0 Å². The molecule has 0 bridgehead atoms. The van der Waals surface area contributed by atoms with Crippen LogP contribution in [0.4, 0.5) is 9.18 Å². The van der Waals surface area contributed by atoms with Crippen molar-refractivity contribution in [3.8, 4) is 0 Å². The number of likely N-dealkylation sites (tertiary alicyclic amines) is 1. The summed E-state index contributed by atoms with van der Waals surface area (Å²) >= 11 is 0. The normalized spacial score (nSPS) is 14.9. The molecule has 1 aromatic rings. The third-order valence-corrected chi connectivity index (χ3v) is 4.92. The van der Waals surface area contributed by atoms with E-state index in [1.165, 1.54) is 6.07 Å². The average molecular weight is 422 g/mol. The molecule has 30 heavy (non-hydrogen) atoms. The number of nitrogens with one attached hydrogen (secondary N) is 2. The van der Waals surface area contributed by atoms with E-state index < -0.39 is 11.7 Å². The number of halogens is 1. The van der Waals surface area contributed by atoms with E-state index >= 15 is 0 Å². The minimum atomic E-state index is -0.608. The van der Waals surface area contributed by atoms with E-state index in [1.54, 1.807) is 43.9 Å². The maximum atomic E-state index is 13.6. The van der Waals surface area contributed by atoms with Crippen molar-refractivity contribution >= 4 is 17.9 Å². The summed E-state index contributed by atoms with van der Waals surface area (Å²) < 4.78 is 18.7. The highest BCUT2D eigenvalue weighted by molar-refractivity contribution is 5.82. The Morgan fingerprint density at radius 3 is 2.43 bits per heavy atom. The highest BCUT2D eigenvalue weighted by atomic mass is 19.1. The van der Waals surface area contributed by atoms with E-state index in [1.807, 2.05) is 0 Å². The summed E-state index contributed by atoms with van der Waals surface area (Å²) in [5.41, 5.74) is -0.0648. The highest BCUT2D eigenvalue weighted by Crippen LogP contribution is 2.17. The molecule has 1 aliphatic heterocycles. The molecule has 7 nitrogen and oxygen atoms in total. The predicted molar refractivity (Wildman–Crippen MR) is 111 cm³/mol. The van der Waals surface area contributed by atoms with E-state index in [0.29, 0.717) is 37.5 Å². The Morgan fingerprint density at radius 1 is 1.13 bits per heavy atom. The lowest BCUT2D eigenvalue weighted by Gasteiger charge is -2.32. The second-order valence-corrected chi connectivity index (χ2v) is 8.58. The number of rotatable bonds is 7. The number of benzene rings is 1. The SMILES string of the molecule is CC(C)(C)OC(=O)NCC(=O)N1CCC(CNC(=O)CCc2ccccc2F)CC1. The zero-order valence-electron chi connectivity index (χ0n) is 18.0. The molecule has 3 amide bonds. The molecule has 1 fully saturated rings. The Kier molecular flexibility index (Phi) is 8.62. The first kappa shape index (κ1) is 23.6. The third kappa shape index (κ3) is 8.39. The van der Waals surface area contributed by atoms with Crippen LogP contribution in [0.2, 0.25) is 0 Å². The fraction of sp³-hybridized carbons (Fsp3) is 0.591. The van der Waals surface area contributed by atoms with Gasteiger partial charge in [0.2, 0.25) is 11.8 Å². The lowest BCUT2D eigenvalue weighted by atomic mass is 9.96. The van der Waals surface area contributed by atoms with Gasteiger partial charge in [0, 0.05) is 26.1 Å². The number of piperidine rings is 1. The van der Waals surface area contributed by atoms with Gasteiger partial charge in [-0.1, -0.05) is 18.2 Å². The molecule has 0 saturated carbocycles. The fourth-order valence-corrected chi connectivity index (χ4v) is 3.26. The van der Waals surface area contributed by atoms with Gasteiger partial charge in [-0.3, -0.25) is 9.59 Å². The molecule has 0 atom stereocenters. The van der Waals surface area contributed by atoms with Gasteiger partial charge in [-0.25, -0.2) is 9.18 Å². The first-order chi connectivity index (χ1) is 14.1. The third-order valence-electron chi connectivity index (χ3n) is 4.92. The van der Waals surface area contributed by atoms with Crippen LogP contribution in [0.15, 0.2) is 24.3 Å². The number of carbonyl (C=O) groups is 3. The summed E-state index contributed by atoms with van der Waals surface area (Å²) in [6.45, 7) is 6.92. The topological polar surface area (TPSA) is 87.7 Å². The molecule has 1 heterocycles. The van der Waals surface area contributed by atoms with Gasteiger partial charge in [-0.15, -0.1) is 0 Å². The van der Waals surface area contributed by atoms with E-state index in [0.717, 1.165) is 12.8 Å². The van der Waals surface area contributed by atoms with Gasteiger partial charge < -0.3 is 20.3 Å². The molecular weight excluding hydrogens is 389 g/mol. The van der Waals surface area contributed by atoms with Gasteiger partial charge in [-0.05, 0) is 57.6 Å². The molecule has 166 valence electrons. The number of carbonyl (C=O) groups excluding carboxylic acids is 3. The smallest absolute Gasteiger partial charge is 0.408 e. The predicted octanol–water partition coefficient (Wildman–Crippen LogP) is 2.64. The zero-order chi connectivity index (χ0) is 22.1. The van der Waals surface area contributed by atoms with Crippen LogP contribution < -0.4 is 10.6 Å². The number of aryl methyl sites for hydroxylation is 1. The minimum absolute atomic E-state index is 0.0909. The summed E-state index contributed by atoms with van der Waals surface area (Å²) in [6.07, 6.45) is 1.58. The van der Waals surface area contributed by atoms with Gasteiger partial charge in [0.25, 0.3) is 0 Å². The summed E-state index contributed by atoms with van der Waals surface area (Å²) in [6, 6.07) is 6.47. The van der Waals surface area contributed by atoms with Crippen LogP contribution in [0, 0.1) is 11.7 Å². The molecule has 1 aliphatic rings. The largest absolute Gasteiger partial charge is 0.444 e. The zero-order valence-corrected chi connectivity index (χ0v) is 18.0. The van der Waals surface area contributed by atoms with Gasteiger partial charge in [-0.2, -0.15) is 0 Å². The monoisotopic (exact) mass is 421 g/mol. The standard InChI is InChI=1S/C22H32FN3O4/c1-22(2,3)30-21(29)25-15-20(28)26-12-10-16(11-13-26)14-24-19(27)9-8-17-6-4-5-7-18(17)23/h4-7,16H,8-15H2,1-3H3,(H,24,27)(H,25,29). The van der Waals surface area contributed by atoms with Crippen molar-refractivity contribution in [1.29, 1.82) is 0 Å². The van der Waals surface area contributed by atoms with Gasteiger partial charge in [0.15, 0.2) is 0 Å². The summed E-state index contributed by atoms with van der Waals surface area (Å²) in [5.74, 6) is -0.236. The molecule has 0 unspecified atom stereocenters. The number of hydrogen-bond donors (Lipinski definition) is 2. The van der Waals surface area contributed by atoms with E-state index in [-0.39, 0.29) is 30.6 Å². The lowest BCUT2D eigenvalue weighted by molar-refractivity contribution is -0.131. The molecule has 0 radical (unpaired) electrons. The molecule has 2 rings (SSSR count). The van der Waals surface area contributed by atoms with Gasteiger partial charge in [0.05, 0.1) is 0 Å². The molecule has 8 heteroatoms. The van der Waals surface area contributed by atoms with Crippen molar-refractivity contribution in [3.63, 3.8) is 0 Å². The molecule has 0 spiro atoms.